The molecular weight excluding hydrogens is 270 g/mol. The Labute approximate surface area is 125 Å². The molecule has 0 heterocycles. The molecule has 0 bridgehead atoms. The van der Waals surface area contributed by atoms with Gasteiger partial charge in [0.15, 0.2) is 11.5 Å². The van der Waals surface area contributed by atoms with E-state index in [4.69, 9.17) is 15.2 Å². The molecule has 3 N–H and O–H groups in total. The Kier molecular flexibility index (Phi) is 5.44. The lowest BCUT2D eigenvalue weighted by Crippen LogP contribution is -2.37. The number of hydrogen-bond acceptors (Lipinski definition) is 4. The lowest BCUT2D eigenvalue weighted by molar-refractivity contribution is -0.129. The second-order valence-electron chi connectivity index (χ2n) is 5.46. The summed E-state index contributed by atoms with van der Waals surface area (Å²) in [4.78, 5) is 11.4. The molecule has 1 saturated carbocycles. The van der Waals surface area contributed by atoms with Gasteiger partial charge in [0.05, 0.1) is 25.7 Å². The molecule has 1 unspecified atom stereocenters. The van der Waals surface area contributed by atoms with Crippen molar-refractivity contribution < 1.29 is 19.4 Å². The van der Waals surface area contributed by atoms with E-state index in [0.717, 1.165) is 31.2 Å². The van der Waals surface area contributed by atoms with Crippen molar-refractivity contribution >= 4 is 5.91 Å². The van der Waals surface area contributed by atoms with Crippen molar-refractivity contribution in [2.24, 2.45) is 11.7 Å². The third-order valence-corrected chi connectivity index (χ3v) is 4.03. The number of amides is 1. The molecule has 1 aliphatic rings. The predicted octanol–water partition coefficient (Wildman–Crippen LogP) is 2.00. The van der Waals surface area contributed by atoms with Crippen molar-refractivity contribution in [3.63, 3.8) is 0 Å². The lowest BCUT2D eigenvalue weighted by atomic mass is 9.86. The fourth-order valence-corrected chi connectivity index (χ4v) is 2.84. The summed E-state index contributed by atoms with van der Waals surface area (Å²) in [6.45, 7) is 0.514. The molecule has 1 fully saturated rings. The van der Waals surface area contributed by atoms with Crippen LogP contribution in [0.3, 0.4) is 0 Å². The van der Waals surface area contributed by atoms with Crippen molar-refractivity contribution in [1.29, 1.82) is 0 Å². The number of primary amides is 1. The molecule has 21 heavy (non-hydrogen) atoms. The number of phenols is 1. The van der Waals surface area contributed by atoms with Crippen molar-refractivity contribution in [2.45, 2.75) is 38.2 Å². The minimum Gasteiger partial charge on any atom is -0.504 e. The summed E-state index contributed by atoms with van der Waals surface area (Å²) >= 11 is 0. The van der Waals surface area contributed by atoms with Gasteiger partial charge in [-0.05, 0) is 37.0 Å². The second kappa shape index (κ2) is 7.31. The number of nitrogens with two attached hydrogens (primary N) is 1. The normalized spacial score (nSPS) is 22.0. The van der Waals surface area contributed by atoms with E-state index in [0.29, 0.717) is 18.8 Å². The molecule has 0 saturated heterocycles. The first kappa shape index (κ1) is 15.6. The maximum absolute atomic E-state index is 11.4. The topological polar surface area (TPSA) is 81.8 Å². The van der Waals surface area contributed by atoms with Crippen LogP contribution in [0.5, 0.6) is 11.5 Å². The Hall–Kier alpha value is -1.75. The minimum atomic E-state index is -0.262. The fraction of sp³-hybridized carbons (Fsp3) is 0.562. The highest BCUT2D eigenvalue weighted by Crippen LogP contribution is 2.28. The molecule has 5 nitrogen and oxygen atoms in total. The number of hydrogen-bond donors (Lipinski definition) is 2. The summed E-state index contributed by atoms with van der Waals surface area (Å²) in [5, 5.41) is 9.73. The Morgan fingerprint density at radius 2 is 2.14 bits per heavy atom. The van der Waals surface area contributed by atoms with Crippen LogP contribution in [0.2, 0.25) is 0 Å². The average molecular weight is 293 g/mol. The first-order valence-electron chi connectivity index (χ1n) is 7.38. The van der Waals surface area contributed by atoms with E-state index in [1.165, 1.54) is 7.11 Å². The monoisotopic (exact) mass is 293 g/mol. The van der Waals surface area contributed by atoms with Gasteiger partial charge in [-0.15, -0.1) is 0 Å². The van der Waals surface area contributed by atoms with Gasteiger partial charge in [0, 0.05) is 0 Å². The lowest BCUT2D eigenvalue weighted by Gasteiger charge is -2.29. The van der Waals surface area contributed by atoms with Gasteiger partial charge < -0.3 is 20.3 Å². The molecule has 1 aromatic carbocycles. The second-order valence-corrected chi connectivity index (χ2v) is 5.46. The number of ether oxygens (including phenoxy) is 2. The van der Waals surface area contributed by atoms with Crippen LogP contribution in [0.25, 0.3) is 0 Å². The van der Waals surface area contributed by atoms with E-state index < -0.39 is 0 Å². The largest absolute Gasteiger partial charge is 0.504 e. The van der Waals surface area contributed by atoms with E-state index >= 15 is 0 Å². The number of benzene rings is 1. The molecule has 1 aromatic rings. The minimum absolute atomic E-state index is 0.0666. The van der Waals surface area contributed by atoms with Gasteiger partial charge in [0.1, 0.15) is 0 Å². The van der Waals surface area contributed by atoms with Gasteiger partial charge in [0.25, 0.3) is 0 Å². The summed E-state index contributed by atoms with van der Waals surface area (Å²) in [6.07, 6.45) is 4.45. The zero-order chi connectivity index (χ0) is 15.2. The maximum atomic E-state index is 11.4. The van der Waals surface area contributed by atoms with Crippen molar-refractivity contribution in [3.8, 4) is 11.5 Å². The highest BCUT2D eigenvalue weighted by molar-refractivity contribution is 5.77. The summed E-state index contributed by atoms with van der Waals surface area (Å²) < 4.78 is 10.9. The molecule has 1 aliphatic carbocycles. The Morgan fingerprint density at radius 3 is 2.81 bits per heavy atom. The van der Waals surface area contributed by atoms with E-state index in [1.807, 2.05) is 6.07 Å². The van der Waals surface area contributed by atoms with Gasteiger partial charge >= 0.3 is 0 Å². The molecule has 2 atom stereocenters. The highest BCUT2D eigenvalue weighted by atomic mass is 16.5. The molecule has 0 spiro atoms. The van der Waals surface area contributed by atoms with Crippen molar-refractivity contribution in [1.82, 2.24) is 0 Å². The van der Waals surface area contributed by atoms with E-state index in [2.05, 4.69) is 0 Å². The van der Waals surface area contributed by atoms with Crippen LogP contribution in [0, 0.1) is 5.92 Å². The van der Waals surface area contributed by atoms with Gasteiger partial charge in [-0.25, -0.2) is 0 Å². The smallest absolute Gasteiger partial charge is 0.223 e. The Morgan fingerprint density at radius 1 is 1.38 bits per heavy atom. The molecule has 0 aromatic heterocycles. The van der Waals surface area contributed by atoms with Crippen LogP contribution in [0.1, 0.15) is 31.2 Å². The van der Waals surface area contributed by atoms with Crippen LogP contribution in [0.4, 0.5) is 0 Å². The van der Waals surface area contributed by atoms with E-state index in [9.17, 15) is 9.90 Å². The third kappa shape index (κ3) is 4.11. The summed E-state index contributed by atoms with van der Waals surface area (Å²) in [7, 11) is 1.52. The number of carbonyl (C=O) groups excluding carboxylic acids is 1. The Balaban J connectivity index is 1.85. The third-order valence-electron chi connectivity index (χ3n) is 4.03. The average Bonchev–Trinajstić information content (AvgIpc) is 2.48. The molecule has 5 heteroatoms. The first-order valence-corrected chi connectivity index (χ1v) is 7.38. The zero-order valence-electron chi connectivity index (χ0n) is 12.4. The number of phenolic OH excluding ortho intramolecular Hbond substituents is 1. The Bertz CT molecular complexity index is 489. The molecule has 1 amide bonds. The quantitative estimate of drug-likeness (QED) is 0.840. The molecule has 116 valence electrons. The number of methoxy groups -OCH3 is 1. The SMILES string of the molecule is COc1ccc(CCO[C@@H]2CCCCC2C(N)=O)cc1O. The summed E-state index contributed by atoms with van der Waals surface area (Å²) in [6, 6.07) is 5.31. The standard InChI is InChI=1S/C16H23NO4/c1-20-15-7-6-11(10-13(15)18)8-9-21-14-5-3-2-4-12(14)16(17)19/h6-7,10,12,14,18H,2-5,8-9H2,1H3,(H2,17,19)/t12?,14-/m1/s1. The molecule has 2 rings (SSSR count). The van der Waals surface area contributed by atoms with Crippen molar-refractivity contribution in [3.05, 3.63) is 23.8 Å². The van der Waals surface area contributed by atoms with Gasteiger partial charge in [0.2, 0.25) is 5.91 Å². The van der Waals surface area contributed by atoms with Crippen LogP contribution in [-0.4, -0.2) is 30.8 Å². The van der Waals surface area contributed by atoms with Crippen LogP contribution >= 0.6 is 0 Å². The number of rotatable bonds is 6. The van der Waals surface area contributed by atoms with Gasteiger partial charge in [-0.2, -0.15) is 0 Å². The van der Waals surface area contributed by atoms with Crippen LogP contribution in [0.15, 0.2) is 18.2 Å². The molecule has 0 radical (unpaired) electrons. The maximum Gasteiger partial charge on any atom is 0.223 e. The predicted molar refractivity (Wildman–Crippen MR) is 79.3 cm³/mol. The highest BCUT2D eigenvalue weighted by Gasteiger charge is 2.29. The van der Waals surface area contributed by atoms with Gasteiger partial charge in [-0.1, -0.05) is 18.9 Å². The zero-order valence-corrected chi connectivity index (χ0v) is 12.4. The van der Waals surface area contributed by atoms with E-state index in [-0.39, 0.29) is 23.7 Å². The summed E-state index contributed by atoms with van der Waals surface area (Å²) in [5.41, 5.74) is 6.40. The molecule has 0 aliphatic heterocycles. The van der Waals surface area contributed by atoms with Gasteiger partial charge in [-0.3, -0.25) is 4.79 Å². The first-order chi connectivity index (χ1) is 10.1. The number of carbonyl (C=O) groups is 1. The van der Waals surface area contributed by atoms with Crippen LogP contribution < -0.4 is 10.5 Å². The van der Waals surface area contributed by atoms with E-state index in [1.54, 1.807) is 12.1 Å². The fourth-order valence-electron chi connectivity index (χ4n) is 2.84. The van der Waals surface area contributed by atoms with Crippen LogP contribution in [-0.2, 0) is 16.0 Å². The molecular formula is C16H23NO4. The summed E-state index contributed by atoms with van der Waals surface area (Å²) in [5.74, 6) is 0.160. The number of aromatic hydroxyl groups is 1. The van der Waals surface area contributed by atoms with Crippen molar-refractivity contribution in [2.75, 3.05) is 13.7 Å².